The summed E-state index contributed by atoms with van der Waals surface area (Å²) in [5.41, 5.74) is 6.14. The van der Waals surface area contributed by atoms with Gasteiger partial charge in [-0.1, -0.05) is 6.07 Å². The maximum absolute atomic E-state index is 5.66. The second-order valence-electron chi connectivity index (χ2n) is 3.52. The van der Waals surface area contributed by atoms with E-state index in [0.29, 0.717) is 28.8 Å². The lowest BCUT2D eigenvalue weighted by molar-refractivity contribution is 0.342. The predicted octanol–water partition coefficient (Wildman–Crippen LogP) is 2.47. The third-order valence-electron chi connectivity index (χ3n) is 2.35. The highest BCUT2D eigenvalue weighted by atomic mass is 16.5. The van der Waals surface area contributed by atoms with Crippen molar-refractivity contribution in [3.8, 4) is 23.1 Å². The van der Waals surface area contributed by atoms with Crippen molar-refractivity contribution >= 4 is 5.69 Å². The summed E-state index contributed by atoms with van der Waals surface area (Å²) < 4.78 is 16.1. The van der Waals surface area contributed by atoms with Crippen molar-refractivity contribution in [1.29, 1.82) is 0 Å². The van der Waals surface area contributed by atoms with Gasteiger partial charge >= 0.3 is 0 Å². The Morgan fingerprint density at radius 3 is 2.17 bits per heavy atom. The van der Waals surface area contributed by atoms with Crippen LogP contribution < -0.4 is 19.9 Å². The minimum absolute atomic E-state index is 0.423. The third-order valence-corrected chi connectivity index (χ3v) is 2.35. The first-order valence-corrected chi connectivity index (χ1v) is 5.35. The Morgan fingerprint density at radius 2 is 1.67 bits per heavy atom. The van der Waals surface area contributed by atoms with Crippen molar-refractivity contribution in [3.05, 3.63) is 36.5 Å². The van der Waals surface area contributed by atoms with Gasteiger partial charge in [-0.15, -0.1) is 0 Å². The van der Waals surface area contributed by atoms with Gasteiger partial charge in [-0.05, 0) is 18.2 Å². The molecule has 0 spiro atoms. The first-order valence-electron chi connectivity index (χ1n) is 5.35. The van der Waals surface area contributed by atoms with Crippen LogP contribution in [-0.2, 0) is 0 Å². The predicted molar refractivity (Wildman–Crippen MR) is 68.3 cm³/mol. The zero-order chi connectivity index (χ0) is 13.0. The van der Waals surface area contributed by atoms with Crippen LogP contribution in [0, 0.1) is 0 Å². The number of aromatic nitrogens is 1. The molecule has 1 aromatic carbocycles. The van der Waals surface area contributed by atoms with Crippen molar-refractivity contribution in [3.63, 3.8) is 0 Å². The number of para-hydroxylation sites is 1. The monoisotopic (exact) mass is 246 g/mol. The van der Waals surface area contributed by atoms with Crippen LogP contribution in [0.1, 0.15) is 0 Å². The number of nitrogen functional groups attached to an aromatic ring is 1. The smallest absolute Gasteiger partial charge is 0.219 e. The number of pyridine rings is 1. The van der Waals surface area contributed by atoms with Crippen LogP contribution in [0.4, 0.5) is 5.69 Å². The number of methoxy groups -OCH3 is 2. The maximum atomic E-state index is 5.66. The molecule has 0 radical (unpaired) electrons. The van der Waals surface area contributed by atoms with Gasteiger partial charge in [0.2, 0.25) is 11.6 Å². The minimum Gasteiger partial charge on any atom is -0.493 e. The van der Waals surface area contributed by atoms with Crippen molar-refractivity contribution in [1.82, 2.24) is 4.98 Å². The molecular formula is C13H14N2O3. The van der Waals surface area contributed by atoms with Crippen molar-refractivity contribution in [2.45, 2.75) is 0 Å². The second kappa shape index (κ2) is 5.27. The Kier molecular flexibility index (Phi) is 3.52. The molecule has 1 heterocycles. The lowest BCUT2D eigenvalue weighted by Crippen LogP contribution is -1.96. The molecule has 0 aliphatic heterocycles. The van der Waals surface area contributed by atoms with Gasteiger partial charge in [0, 0.05) is 6.07 Å². The quantitative estimate of drug-likeness (QED) is 0.897. The molecule has 0 fully saturated rings. The second-order valence-corrected chi connectivity index (χ2v) is 3.52. The minimum atomic E-state index is 0.423. The molecule has 0 atom stereocenters. The van der Waals surface area contributed by atoms with E-state index in [1.165, 1.54) is 6.20 Å². The average Bonchev–Trinajstić information content (AvgIpc) is 2.41. The van der Waals surface area contributed by atoms with Gasteiger partial charge in [0.1, 0.15) is 0 Å². The highest BCUT2D eigenvalue weighted by Crippen LogP contribution is 2.39. The molecule has 94 valence electrons. The largest absolute Gasteiger partial charge is 0.493 e. The van der Waals surface area contributed by atoms with Crippen LogP contribution in [0.15, 0.2) is 36.5 Å². The highest BCUT2D eigenvalue weighted by molar-refractivity contribution is 5.52. The molecule has 0 aliphatic carbocycles. The van der Waals surface area contributed by atoms with Gasteiger partial charge < -0.3 is 19.9 Å². The molecule has 0 amide bonds. The van der Waals surface area contributed by atoms with Gasteiger partial charge in [0.15, 0.2) is 11.5 Å². The summed E-state index contributed by atoms with van der Waals surface area (Å²) in [5.74, 6) is 2.06. The number of nitrogens with zero attached hydrogens (tertiary/aromatic N) is 1. The summed E-state index contributed by atoms with van der Waals surface area (Å²) in [5, 5.41) is 0. The lowest BCUT2D eigenvalue weighted by Gasteiger charge is -2.13. The standard InChI is InChI=1S/C13H14N2O3/c1-16-10-4-3-5-11(17-2)13(10)18-12-7-6-9(14)8-15-12/h3-8H,14H2,1-2H3. The van der Waals surface area contributed by atoms with E-state index >= 15 is 0 Å². The third kappa shape index (κ3) is 2.45. The molecule has 1 aromatic heterocycles. The number of benzene rings is 1. The van der Waals surface area contributed by atoms with Crippen molar-refractivity contribution in [2.75, 3.05) is 20.0 Å². The van der Waals surface area contributed by atoms with Crippen LogP contribution in [0.25, 0.3) is 0 Å². The van der Waals surface area contributed by atoms with E-state index in [2.05, 4.69) is 4.98 Å². The van der Waals surface area contributed by atoms with Gasteiger partial charge in [-0.3, -0.25) is 0 Å². The molecule has 0 unspecified atom stereocenters. The van der Waals surface area contributed by atoms with Crippen LogP contribution >= 0.6 is 0 Å². The first-order chi connectivity index (χ1) is 8.74. The Morgan fingerprint density at radius 1 is 1.00 bits per heavy atom. The molecular weight excluding hydrogens is 232 g/mol. The molecule has 2 N–H and O–H groups in total. The summed E-state index contributed by atoms with van der Waals surface area (Å²) in [6.45, 7) is 0. The number of hydrogen-bond donors (Lipinski definition) is 1. The molecule has 0 saturated heterocycles. The number of rotatable bonds is 4. The van der Waals surface area contributed by atoms with E-state index in [1.807, 2.05) is 6.07 Å². The fourth-order valence-corrected chi connectivity index (χ4v) is 1.47. The number of ether oxygens (including phenoxy) is 3. The summed E-state index contributed by atoms with van der Waals surface area (Å²) in [6.07, 6.45) is 1.53. The molecule has 5 heteroatoms. The van der Waals surface area contributed by atoms with Crippen LogP contribution in [0.2, 0.25) is 0 Å². The Balaban J connectivity index is 2.35. The van der Waals surface area contributed by atoms with Gasteiger partial charge in [-0.25, -0.2) is 4.98 Å². The van der Waals surface area contributed by atoms with Crippen LogP contribution in [0.3, 0.4) is 0 Å². The molecule has 5 nitrogen and oxygen atoms in total. The Hall–Kier alpha value is -2.43. The van der Waals surface area contributed by atoms with Crippen LogP contribution in [0.5, 0.6) is 23.1 Å². The topological polar surface area (TPSA) is 66.6 Å². The Bertz CT molecular complexity index is 504. The molecule has 0 saturated carbocycles. The van der Waals surface area contributed by atoms with Crippen molar-refractivity contribution in [2.24, 2.45) is 0 Å². The summed E-state index contributed by atoms with van der Waals surface area (Å²) in [4.78, 5) is 4.07. The SMILES string of the molecule is COc1cccc(OC)c1Oc1ccc(N)cn1. The summed E-state index contributed by atoms with van der Waals surface area (Å²) in [7, 11) is 3.14. The lowest BCUT2D eigenvalue weighted by atomic mass is 10.3. The zero-order valence-corrected chi connectivity index (χ0v) is 10.2. The summed E-state index contributed by atoms with van der Waals surface area (Å²) in [6, 6.07) is 8.79. The molecule has 2 aromatic rings. The average molecular weight is 246 g/mol. The maximum Gasteiger partial charge on any atom is 0.219 e. The van der Waals surface area contributed by atoms with E-state index in [9.17, 15) is 0 Å². The zero-order valence-electron chi connectivity index (χ0n) is 10.2. The summed E-state index contributed by atoms with van der Waals surface area (Å²) >= 11 is 0. The molecule has 18 heavy (non-hydrogen) atoms. The molecule has 2 rings (SSSR count). The number of anilines is 1. The van der Waals surface area contributed by atoms with E-state index in [1.54, 1.807) is 38.5 Å². The van der Waals surface area contributed by atoms with Crippen LogP contribution in [-0.4, -0.2) is 19.2 Å². The van der Waals surface area contributed by atoms with E-state index in [0.717, 1.165) is 0 Å². The Labute approximate surface area is 105 Å². The fraction of sp³-hybridized carbons (Fsp3) is 0.154. The highest BCUT2D eigenvalue weighted by Gasteiger charge is 2.12. The number of hydrogen-bond acceptors (Lipinski definition) is 5. The fourth-order valence-electron chi connectivity index (χ4n) is 1.47. The molecule has 0 bridgehead atoms. The van der Waals surface area contributed by atoms with E-state index in [4.69, 9.17) is 19.9 Å². The van der Waals surface area contributed by atoms with E-state index in [-0.39, 0.29) is 0 Å². The normalized spacial score (nSPS) is 9.89. The first kappa shape index (κ1) is 12.0. The van der Waals surface area contributed by atoms with Gasteiger partial charge in [-0.2, -0.15) is 0 Å². The van der Waals surface area contributed by atoms with Crippen molar-refractivity contribution < 1.29 is 14.2 Å². The number of nitrogens with two attached hydrogens (primary N) is 1. The molecule has 0 aliphatic rings. The van der Waals surface area contributed by atoms with Gasteiger partial charge in [0.05, 0.1) is 26.1 Å². The van der Waals surface area contributed by atoms with E-state index < -0.39 is 0 Å². The van der Waals surface area contributed by atoms with Gasteiger partial charge in [0.25, 0.3) is 0 Å².